The lowest BCUT2D eigenvalue weighted by atomic mass is 9.93. The summed E-state index contributed by atoms with van der Waals surface area (Å²) in [5.41, 5.74) is 2.66. The Labute approximate surface area is 121 Å². The van der Waals surface area contributed by atoms with Crippen LogP contribution in [0.3, 0.4) is 0 Å². The van der Waals surface area contributed by atoms with Gasteiger partial charge in [-0.15, -0.1) is 0 Å². The largest absolute Gasteiger partial charge is 0.384 e. The minimum atomic E-state index is -0.878. The molecular formula is C15H13Cl2FO. The second-order valence-corrected chi connectivity index (χ2v) is 5.43. The highest BCUT2D eigenvalue weighted by Gasteiger charge is 2.17. The lowest BCUT2D eigenvalue weighted by molar-refractivity contribution is 0.218. The molecule has 0 fully saturated rings. The van der Waals surface area contributed by atoms with Crippen molar-refractivity contribution in [2.24, 2.45) is 0 Å². The molecule has 0 heterocycles. The Morgan fingerprint density at radius 1 is 0.947 bits per heavy atom. The second kappa shape index (κ2) is 5.49. The molecule has 1 atom stereocenters. The van der Waals surface area contributed by atoms with Gasteiger partial charge in [-0.05, 0) is 66.4 Å². The zero-order valence-corrected chi connectivity index (χ0v) is 12.1. The number of hydrogen-bond donors (Lipinski definition) is 1. The maximum atomic E-state index is 13.3. The van der Waals surface area contributed by atoms with Gasteiger partial charge in [-0.1, -0.05) is 23.2 Å². The van der Waals surface area contributed by atoms with Crippen LogP contribution in [0.15, 0.2) is 30.3 Å². The van der Waals surface area contributed by atoms with Crippen molar-refractivity contribution in [3.63, 3.8) is 0 Å². The summed E-state index contributed by atoms with van der Waals surface area (Å²) in [6, 6.07) is 7.71. The predicted molar refractivity (Wildman–Crippen MR) is 76.4 cm³/mol. The quantitative estimate of drug-likeness (QED) is 0.842. The van der Waals surface area contributed by atoms with Crippen LogP contribution < -0.4 is 0 Å². The molecule has 0 aliphatic heterocycles. The molecule has 0 amide bonds. The maximum Gasteiger partial charge on any atom is 0.123 e. The van der Waals surface area contributed by atoms with Gasteiger partial charge >= 0.3 is 0 Å². The molecule has 0 radical (unpaired) electrons. The first-order valence-corrected chi connectivity index (χ1v) is 6.55. The smallest absolute Gasteiger partial charge is 0.123 e. The lowest BCUT2D eigenvalue weighted by Gasteiger charge is -2.17. The number of aliphatic hydroxyl groups is 1. The van der Waals surface area contributed by atoms with Crippen molar-refractivity contribution in [1.82, 2.24) is 0 Å². The van der Waals surface area contributed by atoms with E-state index < -0.39 is 6.10 Å². The van der Waals surface area contributed by atoms with E-state index in [0.29, 0.717) is 32.3 Å². The average Bonchev–Trinajstić information content (AvgIpc) is 2.25. The van der Waals surface area contributed by atoms with Gasteiger partial charge in [0.15, 0.2) is 0 Å². The molecule has 0 aliphatic carbocycles. The van der Waals surface area contributed by atoms with Crippen LogP contribution >= 0.6 is 23.2 Å². The van der Waals surface area contributed by atoms with E-state index in [-0.39, 0.29) is 5.82 Å². The van der Waals surface area contributed by atoms with E-state index in [0.717, 1.165) is 0 Å². The normalized spacial score (nSPS) is 12.5. The van der Waals surface area contributed by atoms with Crippen LogP contribution in [0.2, 0.25) is 10.0 Å². The molecule has 0 spiro atoms. The SMILES string of the molecule is Cc1cc(F)cc(C)c1C(O)c1cc(Cl)cc(Cl)c1. The molecule has 19 heavy (non-hydrogen) atoms. The highest BCUT2D eigenvalue weighted by atomic mass is 35.5. The topological polar surface area (TPSA) is 20.2 Å². The molecule has 1 unspecified atom stereocenters. The van der Waals surface area contributed by atoms with E-state index in [2.05, 4.69) is 0 Å². The number of hydrogen-bond acceptors (Lipinski definition) is 1. The van der Waals surface area contributed by atoms with Crippen LogP contribution in [0.4, 0.5) is 4.39 Å². The average molecular weight is 299 g/mol. The van der Waals surface area contributed by atoms with E-state index in [1.54, 1.807) is 32.0 Å². The Bertz CT molecular complexity index is 582. The highest BCUT2D eigenvalue weighted by Crippen LogP contribution is 2.31. The Kier molecular flexibility index (Phi) is 4.14. The van der Waals surface area contributed by atoms with Gasteiger partial charge in [0.1, 0.15) is 11.9 Å². The molecule has 2 rings (SSSR count). The Morgan fingerprint density at radius 2 is 1.42 bits per heavy atom. The molecular weight excluding hydrogens is 286 g/mol. The zero-order chi connectivity index (χ0) is 14.2. The van der Waals surface area contributed by atoms with Crippen LogP contribution in [-0.4, -0.2) is 5.11 Å². The van der Waals surface area contributed by atoms with Gasteiger partial charge in [0.05, 0.1) is 0 Å². The molecule has 2 aromatic rings. The number of aliphatic hydroxyl groups excluding tert-OH is 1. The summed E-state index contributed by atoms with van der Waals surface area (Å²) in [5.74, 6) is -0.310. The van der Waals surface area contributed by atoms with Gasteiger partial charge in [-0.3, -0.25) is 0 Å². The second-order valence-electron chi connectivity index (χ2n) is 4.56. The molecule has 1 N–H and O–H groups in total. The molecule has 0 saturated carbocycles. The van der Waals surface area contributed by atoms with Crippen LogP contribution in [0, 0.1) is 19.7 Å². The van der Waals surface area contributed by atoms with E-state index in [1.807, 2.05) is 0 Å². The van der Waals surface area contributed by atoms with Crippen LogP contribution in [0.5, 0.6) is 0 Å². The van der Waals surface area contributed by atoms with Crippen LogP contribution in [0.25, 0.3) is 0 Å². The molecule has 0 saturated heterocycles. The summed E-state index contributed by atoms with van der Waals surface area (Å²) in [5, 5.41) is 11.4. The summed E-state index contributed by atoms with van der Waals surface area (Å²) < 4.78 is 13.3. The lowest BCUT2D eigenvalue weighted by Crippen LogP contribution is -2.05. The van der Waals surface area contributed by atoms with Gasteiger partial charge in [0, 0.05) is 10.0 Å². The Hall–Kier alpha value is -1.09. The number of halogens is 3. The summed E-state index contributed by atoms with van der Waals surface area (Å²) in [6.07, 6.45) is -0.878. The maximum absolute atomic E-state index is 13.3. The summed E-state index contributed by atoms with van der Waals surface area (Å²) in [7, 11) is 0. The van der Waals surface area contributed by atoms with E-state index in [9.17, 15) is 9.50 Å². The molecule has 1 nitrogen and oxygen atoms in total. The number of benzene rings is 2. The number of rotatable bonds is 2. The standard InChI is InChI=1S/C15H13Cl2FO/c1-8-3-13(18)4-9(2)14(8)15(19)10-5-11(16)7-12(17)6-10/h3-7,15,19H,1-2H3. The van der Waals surface area contributed by atoms with E-state index in [4.69, 9.17) is 23.2 Å². The van der Waals surface area contributed by atoms with Gasteiger partial charge in [0.25, 0.3) is 0 Å². The Morgan fingerprint density at radius 3 is 1.89 bits per heavy atom. The third-order valence-electron chi connectivity index (χ3n) is 3.03. The van der Waals surface area contributed by atoms with Crippen molar-refractivity contribution < 1.29 is 9.50 Å². The third-order valence-corrected chi connectivity index (χ3v) is 3.47. The van der Waals surface area contributed by atoms with Crippen molar-refractivity contribution in [3.8, 4) is 0 Å². The summed E-state index contributed by atoms with van der Waals surface area (Å²) >= 11 is 11.9. The monoisotopic (exact) mass is 298 g/mol. The molecule has 0 aliphatic rings. The first-order chi connectivity index (χ1) is 8.88. The van der Waals surface area contributed by atoms with Crippen molar-refractivity contribution in [2.45, 2.75) is 20.0 Å². The minimum absolute atomic E-state index is 0.310. The van der Waals surface area contributed by atoms with Crippen molar-refractivity contribution in [1.29, 1.82) is 0 Å². The van der Waals surface area contributed by atoms with Crippen molar-refractivity contribution in [3.05, 3.63) is 68.4 Å². The number of aryl methyl sites for hydroxylation is 2. The fourth-order valence-electron chi connectivity index (χ4n) is 2.25. The fourth-order valence-corrected chi connectivity index (χ4v) is 2.80. The molecule has 4 heteroatoms. The van der Waals surface area contributed by atoms with Gasteiger partial charge in [-0.25, -0.2) is 4.39 Å². The predicted octanol–water partition coefficient (Wildman–Crippen LogP) is 4.83. The van der Waals surface area contributed by atoms with Gasteiger partial charge in [-0.2, -0.15) is 0 Å². The Balaban J connectivity index is 2.52. The first-order valence-electron chi connectivity index (χ1n) is 5.79. The van der Waals surface area contributed by atoms with E-state index in [1.165, 1.54) is 12.1 Å². The van der Waals surface area contributed by atoms with Crippen LogP contribution in [0.1, 0.15) is 28.4 Å². The summed E-state index contributed by atoms with van der Waals surface area (Å²) in [6.45, 7) is 3.53. The fraction of sp³-hybridized carbons (Fsp3) is 0.200. The van der Waals surface area contributed by atoms with Crippen molar-refractivity contribution in [2.75, 3.05) is 0 Å². The molecule has 100 valence electrons. The zero-order valence-electron chi connectivity index (χ0n) is 10.5. The van der Waals surface area contributed by atoms with Gasteiger partial charge < -0.3 is 5.11 Å². The molecule has 0 bridgehead atoms. The minimum Gasteiger partial charge on any atom is -0.384 e. The molecule has 0 aromatic heterocycles. The molecule has 2 aromatic carbocycles. The van der Waals surface area contributed by atoms with Crippen molar-refractivity contribution >= 4 is 23.2 Å². The third kappa shape index (κ3) is 3.08. The van der Waals surface area contributed by atoms with Gasteiger partial charge in [0.2, 0.25) is 0 Å². The van der Waals surface area contributed by atoms with Crippen LogP contribution in [-0.2, 0) is 0 Å². The first kappa shape index (κ1) is 14.3. The van der Waals surface area contributed by atoms with E-state index >= 15 is 0 Å². The highest BCUT2D eigenvalue weighted by molar-refractivity contribution is 6.34. The summed E-state index contributed by atoms with van der Waals surface area (Å²) in [4.78, 5) is 0.